The molecular weight excluding hydrogens is 196 g/mol. The molecule has 0 N–H and O–H groups in total. The van der Waals surface area contributed by atoms with Crippen LogP contribution in [0.5, 0.6) is 0 Å². The Morgan fingerprint density at radius 3 is 0.875 bits per heavy atom. The minimum Gasteiger partial charge on any atom is -1.00 e. The van der Waals surface area contributed by atoms with Crippen LogP contribution in [-0.2, 0) is 0 Å². The molecule has 0 radical (unpaired) electrons. The first-order valence-electron chi connectivity index (χ1n) is 1.73. The quantitative estimate of drug-likeness (QED) is 0.345. The van der Waals surface area contributed by atoms with Crippen molar-refractivity contribution in [3.05, 3.63) is 0 Å². The Kier molecular flexibility index (Phi) is 266. The Morgan fingerprint density at radius 2 is 0.875 bits per heavy atom. The van der Waals surface area contributed by atoms with Crippen LogP contribution in [0, 0.1) is 0 Å². The molecule has 0 aromatic carbocycles. The van der Waals surface area contributed by atoms with Gasteiger partial charge in [-0.05, 0) is 0 Å². The third kappa shape index (κ3) is 102. The maximum absolute atomic E-state index is 2.42. The molecule has 0 rings (SSSR count). The van der Waals surface area contributed by atoms with E-state index in [1.54, 1.807) is 0 Å². The molecule has 48 valence electrons. The maximum Gasteiger partial charge on any atom is -1.00 e. The molecule has 5 heteroatoms. The topological polar surface area (TPSA) is 0 Å². The van der Waals surface area contributed by atoms with Crippen LogP contribution in [0.3, 0.4) is 0 Å². The molecule has 0 unspecified atom stereocenters. The molecule has 0 aliphatic heterocycles. The summed E-state index contributed by atoms with van der Waals surface area (Å²) >= 11 is 3.17. The predicted molar refractivity (Wildman–Crippen MR) is 29.1 cm³/mol. The summed E-state index contributed by atoms with van der Waals surface area (Å²) in [5.74, 6) is 6.33. The van der Waals surface area contributed by atoms with Crippen LogP contribution in [0.4, 0.5) is 0 Å². The van der Waals surface area contributed by atoms with Crippen molar-refractivity contribution in [3.63, 3.8) is 0 Å². The second-order valence-electron chi connectivity index (χ2n) is 0.577. The first-order chi connectivity index (χ1) is 2.41. The van der Waals surface area contributed by atoms with Crippen molar-refractivity contribution in [2.45, 2.75) is 17.4 Å². The van der Waals surface area contributed by atoms with Gasteiger partial charge in [0.1, 0.15) is 0 Å². The number of hydrogen-bond donors (Lipinski definition) is 0. The third-order valence-electron chi connectivity index (χ3n) is 0. The minimum atomic E-state index is 0. The van der Waals surface area contributed by atoms with Crippen molar-refractivity contribution in [2.75, 3.05) is 0 Å². The van der Waals surface area contributed by atoms with Crippen molar-refractivity contribution in [2.24, 2.45) is 0 Å². The zero-order valence-electron chi connectivity index (χ0n) is 5.29. The molecule has 0 amide bonds. The van der Waals surface area contributed by atoms with E-state index in [1.165, 1.54) is 0 Å². The van der Waals surface area contributed by atoms with E-state index < -0.39 is 0 Å². The monoisotopic (exact) mass is 204 g/mol. The molecule has 0 aromatic heterocycles. The molecule has 0 aromatic rings. The standard InChI is InChI=1S/3CH3.2Al.3ClH/h3*1H3;;;3*1H/q;;;+1;+2;;;/p-3. The summed E-state index contributed by atoms with van der Waals surface area (Å²) in [6.07, 6.45) is 0. The fraction of sp³-hybridized carbons (Fsp3) is 1.00. The van der Waals surface area contributed by atoms with Crippen molar-refractivity contribution in [1.29, 1.82) is 0 Å². The van der Waals surface area contributed by atoms with E-state index in [1.807, 2.05) is 5.79 Å². The summed E-state index contributed by atoms with van der Waals surface area (Å²) in [5.41, 5.74) is 0. The van der Waals surface area contributed by atoms with Crippen molar-refractivity contribution >= 4 is 31.5 Å². The summed E-state index contributed by atoms with van der Waals surface area (Å²) in [4.78, 5) is 0. The van der Waals surface area contributed by atoms with E-state index in [0.29, 0.717) is 0 Å². The molecule has 0 saturated heterocycles. The number of hydrogen-bond acceptors (Lipinski definition) is 0. The molecule has 0 heterocycles. The summed E-state index contributed by atoms with van der Waals surface area (Å²) in [6, 6.07) is 0. The van der Waals surface area contributed by atoms with Gasteiger partial charge in [-0.2, -0.15) is 0 Å². The molecule has 0 saturated carbocycles. The number of halogens is 3. The van der Waals surface area contributed by atoms with E-state index in [9.17, 15) is 0 Å². The van der Waals surface area contributed by atoms with Crippen LogP contribution in [-0.4, -0.2) is 31.5 Å². The van der Waals surface area contributed by atoms with Gasteiger partial charge in [0, 0.05) is 0 Å². The van der Waals surface area contributed by atoms with Crippen molar-refractivity contribution in [1.82, 2.24) is 0 Å². The zero-order valence-corrected chi connectivity index (χ0v) is 9.87. The Morgan fingerprint density at radius 1 is 0.875 bits per heavy atom. The largest absolute Gasteiger partial charge is 1.00 e. The zero-order chi connectivity index (χ0) is 4.71. The van der Waals surface area contributed by atoms with Crippen molar-refractivity contribution in [3.8, 4) is 0 Å². The van der Waals surface area contributed by atoms with E-state index in [-0.39, 0.29) is 37.2 Å². The van der Waals surface area contributed by atoms with Gasteiger partial charge in [0.15, 0.2) is 0 Å². The van der Waals surface area contributed by atoms with Crippen LogP contribution in [0.25, 0.3) is 0 Å². The van der Waals surface area contributed by atoms with Crippen molar-refractivity contribution < 1.29 is 37.2 Å². The van der Waals surface area contributed by atoms with E-state index >= 15 is 0 Å². The minimum absolute atomic E-state index is 0. The van der Waals surface area contributed by atoms with E-state index in [4.69, 9.17) is 0 Å². The van der Waals surface area contributed by atoms with Gasteiger partial charge in [-0.15, -0.1) is 0 Å². The van der Waals surface area contributed by atoms with Crippen LogP contribution in [0.15, 0.2) is 0 Å². The van der Waals surface area contributed by atoms with Crippen LogP contribution >= 0.6 is 0 Å². The fourth-order valence-electron chi connectivity index (χ4n) is 0. The van der Waals surface area contributed by atoms with E-state index in [0.717, 1.165) is 15.2 Å². The Labute approximate surface area is 85.6 Å². The smallest absolute Gasteiger partial charge is 1.00 e. The van der Waals surface area contributed by atoms with Gasteiger partial charge in [-0.25, -0.2) is 0 Å². The van der Waals surface area contributed by atoms with Gasteiger partial charge in [0.2, 0.25) is 0 Å². The summed E-state index contributed by atoms with van der Waals surface area (Å²) in [7, 11) is 0. The SMILES string of the molecule is [CH3][Al+2].[CH3][Al+][CH3].[Cl-].[Cl-].[Cl-]. The molecule has 0 aliphatic carbocycles. The third-order valence-corrected chi connectivity index (χ3v) is 0. The average Bonchev–Trinajstić information content (AvgIpc) is 1.46. The number of rotatable bonds is 0. The summed E-state index contributed by atoms with van der Waals surface area (Å²) in [6.45, 7) is 0. The summed E-state index contributed by atoms with van der Waals surface area (Å²) < 4.78 is 0. The van der Waals surface area contributed by atoms with Gasteiger partial charge in [-0.1, -0.05) is 0 Å². The molecule has 0 bridgehead atoms. The fourth-order valence-corrected chi connectivity index (χ4v) is 0. The molecule has 8 heavy (non-hydrogen) atoms. The average molecular weight is 205 g/mol. The van der Waals surface area contributed by atoms with Crippen LogP contribution in [0.2, 0.25) is 17.4 Å². The Balaban J connectivity index is -0.00000000567. The molecule has 0 aliphatic rings. The Hall–Kier alpha value is 1.93. The summed E-state index contributed by atoms with van der Waals surface area (Å²) in [5, 5.41) is 0. The molecular formula is C3H9Al2Cl3. The molecule has 0 fully saturated rings. The van der Waals surface area contributed by atoms with Gasteiger partial charge in [0.25, 0.3) is 0 Å². The normalized spacial score (nSPS) is 2.12. The second kappa shape index (κ2) is 65.3. The maximum atomic E-state index is 2.42. The van der Waals surface area contributed by atoms with Gasteiger partial charge in [-0.3, -0.25) is 0 Å². The van der Waals surface area contributed by atoms with Crippen LogP contribution < -0.4 is 37.2 Å². The van der Waals surface area contributed by atoms with Gasteiger partial charge < -0.3 is 37.2 Å². The first kappa shape index (κ1) is 32.6. The predicted octanol–water partition coefficient (Wildman–Crippen LogP) is -8.00. The molecule has 0 nitrogen and oxygen atoms in total. The van der Waals surface area contributed by atoms with E-state index in [2.05, 4.69) is 27.9 Å². The molecule has 0 spiro atoms. The second-order valence-corrected chi connectivity index (χ2v) is 1.73. The van der Waals surface area contributed by atoms with Gasteiger partial charge in [0.05, 0.1) is 0 Å². The Bertz CT molecular complexity index is 12.5. The van der Waals surface area contributed by atoms with Gasteiger partial charge >= 0.3 is 48.9 Å². The molecule has 0 atom stereocenters. The van der Waals surface area contributed by atoms with Crippen LogP contribution in [0.1, 0.15) is 0 Å². The first-order valence-corrected chi connectivity index (χ1v) is 5.20.